The smallest absolute Gasteiger partial charge is 0.270 e. The van der Waals surface area contributed by atoms with Gasteiger partial charge in [-0.05, 0) is 48.3 Å². The Balaban J connectivity index is 1.26. The van der Waals surface area contributed by atoms with Gasteiger partial charge in [-0.3, -0.25) is 19.7 Å². The summed E-state index contributed by atoms with van der Waals surface area (Å²) in [4.78, 5) is 36.6. The maximum atomic E-state index is 13.0. The van der Waals surface area contributed by atoms with Crippen molar-refractivity contribution in [3.8, 4) is 17.1 Å². The van der Waals surface area contributed by atoms with Crippen LogP contribution in [0.5, 0.6) is 5.75 Å². The molecule has 1 aromatic carbocycles. The lowest BCUT2D eigenvalue weighted by Gasteiger charge is -2.37. The fourth-order valence-electron chi connectivity index (χ4n) is 5.74. The molecule has 0 radical (unpaired) electrons. The Labute approximate surface area is 182 Å². The number of ether oxygens (including phenoxy) is 1. The van der Waals surface area contributed by atoms with E-state index in [-0.39, 0.29) is 41.2 Å². The third-order valence-electron chi connectivity index (χ3n) is 7.23. The fraction of sp³-hybridized carbons (Fsp3) is 0.348. The van der Waals surface area contributed by atoms with Gasteiger partial charge in [0.1, 0.15) is 17.3 Å². The van der Waals surface area contributed by atoms with Crippen LogP contribution < -0.4 is 4.74 Å². The SMILES string of the molecule is COc1ccc([N+](=O)[O-])cc1-c1ccc(/C=N\N2C(=O)[C@@H]3[C@H]4C=C[C@@H]([C@@H]5C[C@H]45)[C@H]3C2=O)o1. The van der Waals surface area contributed by atoms with Gasteiger partial charge in [0.15, 0.2) is 0 Å². The van der Waals surface area contributed by atoms with Gasteiger partial charge in [0.05, 0.1) is 35.6 Å². The summed E-state index contributed by atoms with van der Waals surface area (Å²) in [7, 11) is 1.46. The third kappa shape index (κ3) is 2.60. The van der Waals surface area contributed by atoms with Crippen LogP contribution in [0.4, 0.5) is 5.69 Å². The lowest BCUT2D eigenvalue weighted by Crippen LogP contribution is -2.40. The number of rotatable bonds is 5. The molecular weight excluding hydrogens is 414 g/mol. The number of imide groups is 1. The molecule has 162 valence electrons. The second-order valence-electron chi connectivity index (χ2n) is 8.73. The van der Waals surface area contributed by atoms with Gasteiger partial charge < -0.3 is 9.15 Å². The van der Waals surface area contributed by atoms with Crippen molar-refractivity contribution in [3.05, 3.63) is 58.4 Å². The van der Waals surface area contributed by atoms with Gasteiger partial charge >= 0.3 is 0 Å². The van der Waals surface area contributed by atoms with Crippen molar-refractivity contribution in [2.24, 2.45) is 40.6 Å². The number of allylic oxidation sites excluding steroid dienone is 2. The molecule has 32 heavy (non-hydrogen) atoms. The van der Waals surface area contributed by atoms with E-state index >= 15 is 0 Å². The van der Waals surface area contributed by atoms with Gasteiger partial charge in [-0.25, -0.2) is 0 Å². The minimum Gasteiger partial charge on any atom is -0.496 e. The first kappa shape index (κ1) is 19.0. The first-order chi connectivity index (χ1) is 15.5. The van der Waals surface area contributed by atoms with Crippen molar-refractivity contribution in [2.45, 2.75) is 6.42 Å². The predicted octanol–water partition coefficient (Wildman–Crippen LogP) is 3.25. The molecule has 4 aliphatic carbocycles. The molecule has 1 aromatic heterocycles. The molecule has 2 amide bonds. The molecule has 0 unspecified atom stereocenters. The summed E-state index contributed by atoms with van der Waals surface area (Å²) in [5.41, 5.74) is 0.326. The van der Waals surface area contributed by atoms with Crippen molar-refractivity contribution < 1.29 is 23.7 Å². The molecule has 3 fully saturated rings. The van der Waals surface area contributed by atoms with Crippen LogP contribution in [-0.4, -0.2) is 35.1 Å². The van der Waals surface area contributed by atoms with Crippen molar-refractivity contribution in [3.63, 3.8) is 0 Å². The van der Waals surface area contributed by atoms with Crippen molar-refractivity contribution >= 4 is 23.7 Å². The molecule has 0 spiro atoms. The molecule has 5 aliphatic rings. The number of hydrogen-bond donors (Lipinski definition) is 0. The molecule has 2 heterocycles. The maximum absolute atomic E-state index is 13.0. The Morgan fingerprint density at radius 2 is 1.81 bits per heavy atom. The number of nitro groups is 1. The zero-order valence-corrected chi connectivity index (χ0v) is 17.1. The number of carbonyl (C=O) groups excluding carboxylic acids is 2. The highest BCUT2D eigenvalue weighted by Gasteiger charge is 2.67. The van der Waals surface area contributed by atoms with E-state index < -0.39 is 4.92 Å². The first-order valence-electron chi connectivity index (χ1n) is 10.5. The molecule has 2 aromatic rings. The van der Waals surface area contributed by atoms with E-state index in [1.807, 2.05) is 0 Å². The summed E-state index contributed by atoms with van der Waals surface area (Å²) < 4.78 is 11.0. The van der Waals surface area contributed by atoms with Gasteiger partial charge in [0.2, 0.25) is 0 Å². The van der Waals surface area contributed by atoms with Gasteiger partial charge in [-0.2, -0.15) is 10.1 Å². The molecule has 9 nitrogen and oxygen atoms in total. The monoisotopic (exact) mass is 433 g/mol. The van der Waals surface area contributed by atoms with Crippen LogP contribution in [0.1, 0.15) is 12.2 Å². The van der Waals surface area contributed by atoms with Crippen LogP contribution in [0.15, 0.2) is 52.0 Å². The number of furan rings is 1. The molecule has 6 atom stereocenters. The van der Waals surface area contributed by atoms with Crippen molar-refractivity contribution in [1.82, 2.24) is 5.01 Å². The maximum Gasteiger partial charge on any atom is 0.270 e. The Morgan fingerprint density at radius 3 is 2.44 bits per heavy atom. The molecule has 0 N–H and O–H groups in total. The minimum absolute atomic E-state index is 0.0930. The van der Waals surface area contributed by atoms with Crippen LogP contribution in [0, 0.1) is 45.6 Å². The molecular formula is C23H19N3O6. The van der Waals surface area contributed by atoms with Crippen LogP contribution in [-0.2, 0) is 9.59 Å². The quantitative estimate of drug-likeness (QED) is 0.235. The van der Waals surface area contributed by atoms with Gasteiger partial charge in [0, 0.05) is 12.1 Å². The largest absolute Gasteiger partial charge is 0.496 e. The highest BCUT2D eigenvalue weighted by atomic mass is 16.6. The lowest BCUT2D eigenvalue weighted by atomic mass is 9.63. The number of non-ortho nitro benzene ring substituents is 1. The van der Waals surface area contributed by atoms with E-state index in [0.29, 0.717) is 34.7 Å². The molecule has 1 aliphatic heterocycles. The summed E-state index contributed by atoms with van der Waals surface area (Å²) in [5.74, 6) is 1.33. The minimum atomic E-state index is -0.496. The average molecular weight is 433 g/mol. The van der Waals surface area contributed by atoms with E-state index in [0.717, 1.165) is 11.4 Å². The summed E-state index contributed by atoms with van der Waals surface area (Å²) in [6.45, 7) is 0. The summed E-state index contributed by atoms with van der Waals surface area (Å²) in [5, 5.41) is 16.3. The van der Waals surface area contributed by atoms with E-state index in [4.69, 9.17) is 9.15 Å². The van der Waals surface area contributed by atoms with Gasteiger partial charge in [-0.1, -0.05) is 12.2 Å². The Hall–Kier alpha value is -3.75. The van der Waals surface area contributed by atoms with Crippen LogP contribution in [0.2, 0.25) is 0 Å². The fourth-order valence-corrected chi connectivity index (χ4v) is 5.74. The number of nitro benzene ring substituents is 1. The number of amides is 2. The molecule has 7 rings (SSSR count). The summed E-state index contributed by atoms with van der Waals surface area (Å²) in [6, 6.07) is 7.47. The molecule has 2 saturated carbocycles. The van der Waals surface area contributed by atoms with E-state index in [2.05, 4.69) is 17.3 Å². The average Bonchev–Trinajstić information content (AvgIpc) is 3.44. The molecule has 2 bridgehead atoms. The highest BCUT2D eigenvalue weighted by molar-refractivity contribution is 6.06. The second-order valence-corrected chi connectivity index (χ2v) is 8.73. The van der Waals surface area contributed by atoms with E-state index in [9.17, 15) is 19.7 Å². The number of benzene rings is 1. The number of methoxy groups -OCH3 is 1. The normalized spacial score (nSPS) is 31.8. The Kier molecular flexibility index (Phi) is 3.93. The third-order valence-corrected chi connectivity index (χ3v) is 7.23. The number of hydrogen-bond acceptors (Lipinski definition) is 7. The predicted molar refractivity (Wildman–Crippen MR) is 111 cm³/mol. The highest BCUT2D eigenvalue weighted by Crippen LogP contribution is 2.65. The molecule has 1 saturated heterocycles. The van der Waals surface area contributed by atoms with Crippen LogP contribution in [0.25, 0.3) is 11.3 Å². The first-order valence-corrected chi connectivity index (χ1v) is 10.5. The van der Waals surface area contributed by atoms with E-state index in [1.54, 1.807) is 12.1 Å². The van der Waals surface area contributed by atoms with Crippen molar-refractivity contribution in [2.75, 3.05) is 7.11 Å². The summed E-state index contributed by atoms with van der Waals surface area (Å²) >= 11 is 0. The Bertz CT molecular complexity index is 1190. The zero-order valence-electron chi connectivity index (χ0n) is 17.1. The topological polar surface area (TPSA) is 115 Å². The van der Waals surface area contributed by atoms with Crippen molar-refractivity contribution in [1.29, 1.82) is 0 Å². The van der Waals surface area contributed by atoms with Crippen LogP contribution >= 0.6 is 0 Å². The van der Waals surface area contributed by atoms with E-state index in [1.165, 1.54) is 31.5 Å². The Morgan fingerprint density at radius 1 is 1.12 bits per heavy atom. The molecule has 9 heteroatoms. The zero-order chi connectivity index (χ0) is 22.1. The van der Waals surface area contributed by atoms with Crippen LogP contribution in [0.3, 0.4) is 0 Å². The standard InChI is InChI=1S/C23H19N3O6/c1-31-18-6-2-11(26(29)30)8-17(18)19-7-3-12(32-19)10-24-25-22(27)20-13-4-5-14(16-9-15(13)16)21(20)23(25)28/h2-8,10,13-16,20-21H,9H2,1H3/b24-10-/t13-,14-,15-,16+,20+,21+/m0/s1. The number of nitrogens with zero attached hydrogens (tertiary/aromatic N) is 3. The second kappa shape index (κ2) is 6.62. The van der Waals surface area contributed by atoms with Gasteiger partial charge in [-0.15, -0.1) is 0 Å². The summed E-state index contributed by atoms with van der Waals surface area (Å²) in [6.07, 6.45) is 6.67. The number of hydrazone groups is 1. The van der Waals surface area contributed by atoms with Gasteiger partial charge in [0.25, 0.3) is 17.5 Å². The number of carbonyl (C=O) groups is 2. The lowest BCUT2D eigenvalue weighted by molar-refractivity contribution is -0.384.